The summed E-state index contributed by atoms with van der Waals surface area (Å²) in [5.41, 5.74) is -0.113. The second-order valence-electron chi connectivity index (χ2n) is 5.92. The highest BCUT2D eigenvalue weighted by atomic mass is 32.2. The van der Waals surface area contributed by atoms with Crippen LogP contribution in [0.15, 0.2) is 57.4 Å². The minimum Gasteiger partial charge on any atom is -0.274 e. The average molecular weight is 388 g/mol. The Kier molecular flexibility index (Phi) is 3.88. The molecule has 138 valence electrons. The Bertz CT molecular complexity index is 1320. The molecule has 3 aromatic heterocycles. The zero-order chi connectivity index (χ0) is 19.2. The molecule has 4 rings (SSSR count). The number of H-pyrrole nitrogens is 1. The Hall–Kier alpha value is -3.34. The first-order valence-corrected chi connectivity index (χ1v) is 9.26. The first kappa shape index (κ1) is 17.1. The van der Waals surface area contributed by atoms with Gasteiger partial charge in [0, 0.05) is 24.7 Å². The number of aromatic amines is 1. The molecule has 0 atom stereocenters. The van der Waals surface area contributed by atoms with Crippen molar-refractivity contribution in [1.82, 2.24) is 29.8 Å². The number of benzene rings is 1. The molecule has 0 saturated heterocycles. The fraction of sp³-hybridized carbons (Fsp3) is 0.125. The van der Waals surface area contributed by atoms with E-state index in [4.69, 9.17) is 0 Å². The van der Waals surface area contributed by atoms with Crippen molar-refractivity contribution >= 4 is 20.6 Å². The lowest BCUT2D eigenvalue weighted by Crippen LogP contribution is -2.23. The Labute approximate surface area is 152 Å². The summed E-state index contributed by atoms with van der Waals surface area (Å²) < 4.78 is 40.9. The molecule has 11 heteroatoms. The van der Waals surface area contributed by atoms with E-state index in [0.717, 1.165) is 4.68 Å². The van der Waals surface area contributed by atoms with Crippen LogP contribution < -0.4 is 5.56 Å². The quantitative estimate of drug-likeness (QED) is 0.555. The molecule has 0 aliphatic heterocycles. The maximum Gasteiger partial charge on any atom is 0.274 e. The van der Waals surface area contributed by atoms with Gasteiger partial charge in [-0.1, -0.05) is 0 Å². The second-order valence-corrected chi connectivity index (χ2v) is 7.87. The van der Waals surface area contributed by atoms with Gasteiger partial charge in [0.1, 0.15) is 4.90 Å². The van der Waals surface area contributed by atoms with E-state index in [1.807, 2.05) is 0 Å². The van der Waals surface area contributed by atoms with Crippen LogP contribution in [0.1, 0.15) is 5.69 Å². The van der Waals surface area contributed by atoms with Crippen molar-refractivity contribution in [2.24, 2.45) is 7.05 Å². The summed E-state index contributed by atoms with van der Waals surface area (Å²) in [6.07, 6.45) is 4.06. The van der Waals surface area contributed by atoms with Crippen LogP contribution in [0.4, 0.5) is 4.39 Å². The largest absolute Gasteiger partial charge is 0.274 e. The Morgan fingerprint density at radius 2 is 1.96 bits per heavy atom. The van der Waals surface area contributed by atoms with Crippen LogP contribution >= 0.6 is 0 Å². The lowest BCUT2D eigenvalue weighted by atomic mass is 10.2. The third-order valence-corrected chi connectivity index (χ3v) is 5.74. The van der Waals surface area contributed by atoms with Crippen molar-refractivity contribution in [2.45, 2.75) is 16.3 Å². The van der Waals surface area contributed by atoms with Crippen LogP contribution in [0, 0.1) is 5.95 Å². The number of nitrogens with zero attached hydrogens (tertiary/aromatic N) is 5. The van der Waals surface area contributed by atoms with Gasteiger partial charge in [-0.3, -0.25) is 14.6 Å². The molecular formula is C16H13FN6O3S. The predicted molar refractivity (Wildman–Crippen MR) is 92.3 cm³/mol. The molecule has 0 saturated carbocycles. The third-order valence-electron chi connectivity index (χ3n) is 4.04. The van der Waals surface area contributed by atoms with Crippen LogP contribution in [-0.4, -0.2) is 38.2 Å². The first-order valence-electron chi connectivity index (χ1n) is 7.78. The minimum atomic E-state index is -3.75. The van der Waals surface area contributed by atoms with Crippen LogP contribution in [0.2, 0.25) is 0 Å². The summed E-state index contributed by atoms with van der Waals surface area (Å²) in [4.78, 5) is 12.7. The number of halogens is 1. The molecule has 4 aromatic rings. The number of hydrogen-bond donors (Lipinski definition) is 1. The van der Waals surface area contributed by atoms with Gasteiger partial charge in [0.25, 0.3) is 5.56 Å². The third kappa shape index (κ3) is 3.01. The number of fused-ring (bicyclic) bond motifs is 1. The standard InChI is InChI=1S/C16H13FN6O3S/c1-22-9-13(7-18-22)27(25,26)12-2-3-14-10(4-12)6-19-23(16(14)24)8-11-5-15(17)21-20-11/h2-7,9H,8H2,1H3,(H,20,21). The van der Waals surface area contributed by atoms with E-state index >= 15 is 0 Å². The summed E-state index contributed by atoms with van der Waals surface area (Å²) >= 11 is 0. The number of hydrogen-bond acceptors (Lipinski definition) is 6. The second kappa shape index (κ2) is 6.13. The van der Waals surface area contributed by atoms with Gasteiger partial charge in [-0.2, -0.15) is 19.7 Å². The summed E-state index contributed by atoms with van der Waals surface area (Å²) in [5, 5.41) is 14.5. The van der Waals surface area contributed by atoms with Gasteiger partial charge in [0.05, 0.1) is 34.9 Å². The molecule has 0 amide bonds. The molecule has 0 spiro atoms. The molecule has 1 aromatic carbocycles. The highest BCUT2D eigenvalue weighted by Crippen LogP contribution is 2.23. The van der Waals surface area contributed by atoms with Crippen molar-refractivity contribution in [2.75, 3.05) is 0 Å². The average Bonchev–Trinajstić information content (AvgIpc) is 3.26. The van der Waals surface area contributed by atoms with E-state index in [2.05, 4.69) is 20.4 Å². The van der Waals surface area contributed by atoms with Gasteiger partial charge >= 0.3 is 0 Å². The number of rotatable bonds is 4. The van der Waals surface area contributed by atoms with Crippen LogP contribution in [-0.2, 0) is 23.4 Å². The monoisotopic (exact) mass is 388 g/mol. The number of aryl methyl sites for hydroxylation is 1. The Balaban J connectivity index is 1.76. The highest BCUT2D eigenvalue weighted by molar-refractivity contribution is 7.91. The summed E-state index contributed by atoms with van der Waals surface area (Å²) in [5.74, 6) is -0.607. The maximum absolute atomic E-state index is 13.0. The van der Waals surface area contributed by atoms with E-state index in [1.54, 1.807) is 7.05 Å². The number of nitrogens with one attached hydrogen (secondary N) is 1. The molecule has 0 unspecified atom stereocenters. The van der Waals surface area contributed by atoms with E-state index in [0.29, 0.717) is 16.5 Å². The smallest absolute Gasteiger partial charge is 0.274 e. The van der Waals surface area contributed by atoms with Gasteiger partial charge < -0.3 is 0 Å². The fourth-order valence-electron chi connectivity index (χ4n) is 2.69. The van der Waals surface area contributed by atoms with Crippen LogP contribution in [0.5, 0.6) is 0 Å². The van der Waals surface area contributed by atoms with E-state index < -0.39 is 21.3 Å². The van der Waals surface area contributed by atoms with Crippen molar-refractivity contribution < 1.29 is 12.8 Å². The Morgan fingerprint density at radius 3 is 2.63 bits per heavy atom. The fourth-order valence-corrected chi connectivity index (χ4v) is 3.97. The lowest BCUT2D eigenvalue weighted by molar-refractivity contribution is 0.579. The summed E-state index contributed by atoms with van der Waals surface area (Å²) in [7, 11) is -2.13. The van der Waals surface area contributed by atoms with E-state index in [1.165, 1.54) is 47.5 Å². The van der Waals surface area contributed by atoms with Gasteiger partial charge in [0.2, 0.25) is 15.8 Å². The minimum absolute atomic E-state index is 0.00900. The molecule has 3 heterocycles. The normalized spacial score (nSPS) is 11.9. The molecule has 9 nitrogen and oxygen atoms in total. The zero-order valence-electron chi connectivity index (χ0n) is 14.0. The number of sulfone groups is 1. The molecule has 0 aliphatic carbocycles. The van der Waals surface area contributed by atoms with Gasteiger partial charge in [-0.25, -0.2) is 13.1 Å². The van der Waals surface area contributed by atoms with Gasteiger partial charge in [-0.05, 0) is 18.2 Å². The molecule has 27 heavy (non-hydrogen) atoms. The highest BCUT2D eigenvalue weighted by Gasteiger charge is 2.20. The van der Waals surface area contributed by atoms with Gasteiger partial charge in [-0.15, -0.1) is 0 Å². The van der Waals surface area contributed by atoms with E-state index in [-0.39, 0.29) is 16.3 Å². The topological polar surface area (TPSA) is 116 Å². The Morgan fingerprint density at radius 1 is 1.15 bits per heavy atom. The van der Waals surface area contributed by atoms with Crippen molar-refractivity contribution in [1.29, 1.82) is 0 Å². The SMILES string of the molecule is Cn1cc(S(=O)(=O)c2ccc3c(=O)n(Cc4cc(F)[nH]n4)ncc3c2)cn1. The first-order chi connectivity index (χ1) is 12.8. The molecule has 0 aliphatic rings. The molecule has 1 N–H and O–H groups in total. The molecule has 0 radical (unpaired) electrons. The summed E-state index contributed by atoms with van der Waals surface area (Å²) in [6.45, 7) is -0.00900. The molecule has 0 bridgehead atoms. The maximum atomic E-state index is 13.0. The van der Waals surface area contributed by atoms with Crippen LogP contribution in [0.25, 0.3) is 10.8 Å². The van der Waals surface area contributed by atoms with Crippen molar-refractivity contribution in [3.05, 3.63) is 64.9 Å². The molecule has 0 fully saturated rings. The van der Waals surface area contributed by atoms with Crippen LogP contribution in [0.3, 0.4) is 0 Å². The van der Waals surface area contributed by atoms with Gasteiger partial charge in [0.15, 0.2) is 0 Å². The van der Waals surface area contributed by atoms with Crippen molar-refractivity contribution in [3.8, 4) is 0 Å². The molecular weight excluding hydrogens is 375 g/mol. The number of aromatic nitrogens is 6. The van der Waals surface area contributed by atoms with E-state index in [9.17, 15) is 17.6 Å². The zero-order valence-corrected chi connectivity index (χ0v) is 14.8. The van der Waals surface area contributed by atoms with Crippen molar-refractivity contribution in [3.63, 3.8) is 0 Å². The predicted octanol–water partition coefficient (Wildman–Crippen LogP) is 0.873. The lowest BCUT2D eigenvalue weighted by Gasteiger charge is -2.06. The summed E-state index contributed by atoms with van der Waals surface area (Å²) in [6, 6.07) is 5.36.